The number of amides is 2. The van der Waals surface area contributed by atoms with E-state index in [1.54, 1.807) is 49.2 Å². The molecule has 5 nitrogen and oxygen atoms in total. The van der Waals surface area contributed by atoms with Crippen molar-refractivity contribution in [3.05, 3.63) is 40.3 Å². The van der Waals surface area contributed by atoms with E-state index in [2.05, 4.69) is 5.32 Å². The van der Waals surface area contributed by atoms with Crippen molar-refractivity contribution in [1.29, 1.82) is 0 Å². The van der Waals surface area contributed by atoms with Crippen LogP contribution in [0.4, 0.5) is 0 Å². The Balaban J connectivity index is 1.68. The highest BCUT2D eigenvalue weighted by atomic mass is 32.2. The lowest BCUT2D eigenvalue weighted by Crippen LogP contribution is -2.42. The van der Waals surface area contributed by atoms with Crippen LogP contribution in [-0.4, -0.2) is 56.8 Å². The quantitative estimate of drug-likeness (QED) is 0.615. The molecule has 0 unspecified atom stereocenters. The number of rotatable bonds is 3. The van der Waals surface area contributed by atoms with Crippen LogP contribution in [0.15, 0.2) is 29.2 Å². The lowest BCUT2D eigenvalue weighted by Gasteiger charge is -2.15. The van der Waals surface area contributed by atoms with Crippen molar-refractivity contribution < 1.29 is 14.7 Å². The molecule has 1 aromatic carbocycles. The molecule has 0 saturated carbocycles. The van der Waals surface area contributed by atoms with Crippen LogP contribution in [0.2, 0.25) is 0 Å². The summed E-state index contributed by atoms with van der Waals surface area (Å²) in [6.45, 7) is 0. The average Bonchev–Trinajstić information content (AvgIpc) is 3.07. The molecule has 2 fully saturated rings. The normalized spacial score (nSPS) is 25.6. The van der Waals surface area contributed by atoms with Crippen molar-refractivity contribution in [2.45, 2.75) is 12.1 Å². The molecule has 2 aliphatic heterocycles. The number of hydrogen-bond donors (Lipinski definition) is 2. The fraction of sp³-hybridized carbons (Fsp3) is 0.312. The Bertz CT molecular complexity index is 718. The molecule has 2 saturated heterocycles. The minimum absolute atomic E-state index is 0.112. The predicted molar refractivity (Wildman–Crippen MR) is 102 cm³/mol. The van der Waals surface area contributed by atoms with E-state index in [1.807, 2.05) is 0 Å². The summed E-state index contributed by atoms with van der Waals surface area (Å²) in [5, 5.41) is 12.6. The third-order valence-electron chi connectivity index (χ3n) is 3.82. The number of benzene rings is 1. The van der Waals surface area contributed by atoms with E-state index in [0.717, 1.165) is 11.3 Å². The van der Waals surface area contributed by atoms with Gasteiger partial charge in [-0.25, -0.2) is 0 Å². The minimum Gasteiger partial charge on any atom is -0.390 e. The zero-order valence-electron chi connectivity index (χ0n) is 12.9. The Hall–Kier alpha value is -1.35. The number of thiocarbonyl (C=S) groups is 1. The highest BCUT2D eigenvalue weighted by Gasteiger charge is 2.29. The van der Waals surface area contributed by atoms with Gasteiger partial charge in [0.25, 0.3) is 11.8 Å². The van der Waals surface area contributed by atoms with Crippen molar-refractivity contribution in [2.75, 3.05) is 18.6 Å². The van der Waals surface area contributed by atoms with Gasteiger partial charge >= 0.3 is 0 Å². The van der Waals surface area contributed by atoms with Crippen LogP contribution in [0.1, 0.15) is 15.9 Å². The van der Waals surface area contributed by atoms with Gasteiger partial charge in [0.15, 0.2) is 0 Å². The molecule has 3 rings (SSSR count). The van der Waals surface area contributed by atoms with Crippen molar-refractivity contribution in [3.8, 4) is 0 Å². The van der Waals surface area contributed by atoms with Crippen LogP contribution in [0.3, 0.4) is 0 Å². The lowest BCUT2D eigenvalue weighted by molar-refractivity contribution is -0.121. The van der Waals surface area contributed by atoms with Gasteiger partial charge in [-0.05, 0) is 23.8 Å². The van der Waals surface area contributed by atoms with Crippen LogP contribution >= 0.6 is 35.7 Å². The Morgan fingerprint density at radius 2 is 2.08 bits per heavy atom. The predicted octanol–water partition coefficient (Wildman–Crippen LogP) is 1.72. The lowest BCUT2D eigenvalue weighted by atomic mass is 10.1. The summed E-state index contributed by atoms with van der Waals surface area (Å²) < 4.78 is 0.537. The summed E-state index contributed by atoms with van der Waals surface area (Å²) in [6.07, 6.45) is 1.27. The van der Waals surface area contributed by atoms with E-state index in [4.69, 9.17) is 12.2 Å². The zero-order chi connectivity index (χ0) is 17.3. The number of likely N-dealkylation sites (N-methyl/N-ethyl adjacent to an activating group) is 1. The Morgan fingerprint density at radius 3 is 2.62 bits per heavy atom. The Morgan fingerprint density at radius 1 is 1.38 bits per heavy atom. The first kappa shape index (κ1) is 17.5. The zero-order valence-corrected chi connectivity index (χ0v) is 15.3. The molecular formula is C16H16N2O3S3. The number of carbonyl (C=O) groups excluding carboxylic acids is 2. The number of aliphatic hydroxyl groups is 1. The standard InChI is InChI=1S/C16H16N2O3S3/c1-18-15(21)13(24-16(18)22)6-9-2-4-10(5-3-9)14(20)17-11-7-23-8-12(11)19/h2-6,11-12,19H,7-8H2,1H3,(H,17,20)/b13-6-/t11-,12-/m0/s1. The highest BCUT2D eigenvalue weighted by Crippen LogP contribution is 2.31. The molecule has 2 N–H and O–H groups in total. The number of aliphatic hydroxyl groups excluding tert-OH is 1. The SMILES string of the molecule is CN1C(=O)/C(=C/c2ccc(C(=O)N[C@H]3CSC[C@@H]3O)cc2)SC1=S. The molecule has 126 valence electrons. The second-order valence-corrected chi connectivity index (χ2v) is 8.30. The van der Waals surface area contributed by atoms with E-state index < -0.39 is 6.10 Å². The molecule has 0 radical (unpaired) electrons. The van der Waals surface area contributed by atoms with Crippen LogP contribution < -0.4 is 5.32 Å². The number of hydrogen-bond acceptors (Lipinski definition) is 6. The van der Waals surface area contributed by atoms with Gasteiger partial charge in [0.1, 0.15) is 4.32 Å². The van der Waals surface area contributed by atoms with Crippen LogP contribution in [-0.2, 0) is 4.79 Å². The summed E-state index contributed by atoms with van der Waals surface area (Å²) >= 11 is 7.99. The molecule has 2 aliphatic rings. The van der Waals surface area contributed by atoms with Gasteiger partial charge in [-0.1, -0.05) is 36.1 Å². The molecule has 0 bridgehead atoms. The van der Waals surface area contributed by atoms with Gasteiger partial charge in [0.2, 0.25) is 0 Å². The second-order valence-electron chi connectivity index (χ2n) is 5.55. The third-order valence-corrected chi connectivity index (χ3v) is 6.48. The topological polar surface area (TPSA) is 69.6 Å². The van der Waals surface area contributed by atoms with E-state index in [1.165, 1.54) is 16.7 Å². The third kappa shape index (κ3) is 3.66. The van der Waals surface area contributed by atoms with E-state index >= 15 is 0 Å². The fourth-order valence-electron chi connectivity index (χ4n) is 2.36. The number of nitrogens with one attached hydrogen (secondary N) is 1. The molecule has 0 aliphatic carbocycles. The summed E-state index contributed by atoms with van der Waals surface area (Å²) in [5.74, 6) is 1.07. The van der Waals surface area contributed by atoms with E-state index in [9.17, 15) is 14.7 Å². The fourth-order valence-corrected chi connectivity index (χ4v) is 4.71. The molecule has 0 aromatic heterocycles. The molecule has 0 spiro atoms. The summed E-state index contributed by atoms with van der Waals surface area (Å²) in [5.41, 5.74) is 1.36. The van der Waals surface area contributed by atoms with Gasteiger partial charge in [0.05, 0.1) is 17.1 Å². The first-order valence-corrected chi connectivity index (χ1v) is 9.72. The Labute approximate surface area is 153 Å². The maximum Gasteiger partial charge on any atom is 0.265 e. The van der Waals surface area contributed by atoms with Crippen LogP contribution in [0, 0.1) is 0 Å². The van der Waals surface area contributed by atoms with Gasteiger partial charge < -0.3 is 10.4 Å². The largest absolute Gasteiger partial charge is 0.390 e. The average molecular weight is 381 g/mol. The Kier molecular flexibility index (Phi) is 5.29. The van der Waals surface area contributed by atoms with Gasteiger partial charge in [-0.2, -0.15) is 11.8 Å². The van der Waals surface area contributed by atoms with E-state index in [-0.39, 0.29) is 17.9 Å². The van der Waals surface area contributed by atoms with Gasteiger partial charge in [-0.3, -0.25) is 14.5 Å². The van der Waals surface area contributed by atoms with Crippen molar-refractivity contribution >= 4 is 58.0 Å². The van der Waals surface area contributed by atoms with E-state index in [0.29, 0.717) is 20.5 Å². The van der Waals surface area contributed by atoms with Gasteiger partial charge in [-0.15, -0.1) is 0 Å². The molecule has 8 heteroatoms. The van der Waals surface area contributed by atoms with Crippen LogP contribution in [0.25, 0.3) is 6.08 Å². The van der Waals surface area contributed by atoms with Crippen molar-refractivity contribution in [2.24, 2.45) is 0 Å². The minimum atomic E-state index is -0.491. The van der Waals surface area contributed by atoms with Crippen molar-refractivity contribution in [1.82, 2.24) is 10.2 Å². The number of thioether (sulfide) groups is 2. The maximum absolute atomic E-state index is 12.2. The summed E-state index contributed by atoms with van der Waals surface area (Å²) in [7, 11) is 1.65. The smallest absolute Gasteiger partial charge is 0.265 e. The molecule has 24 heavy (non-hydrogen) atoms. The molecule has 2 atom stereocenters. The molecular weight excluding hydrogens is 364 g/mol. The van der Waals surface area contributed by atoms with Gasteiger partial charge in [0, 0.05) is 24.1 Å². The highest BCUT2D eigenvalue weighted by molar-refractivity contribution is 8.26. The number of carbonyl (C=O) groups is 2. The first-order valence-electron chi connectivity index (χ1n) is 7.34. The van der Waals surface area contributed by atoms with Crippen LogP contribution in [0.5, 0.6) is 0 Å². The van der Waals surface area contributed by atoms with Crippen molar-refractivity contribution in [3.63, 3.8) is 0 Å². The summed E-state index contributed by atoms with van der Waals surface area (Å²) in [6, 6.07) is 6.80. The molecule has 2 amide bonds. The monoisotopic (exact) mass is 380 g/mol. The molecule has 1 aromatic rings. The molecule has 2 heterocycles. The second kappa shape index (κ2) is 7.26. The first-order chi connectivity index (χ1) is 11.5. The summed E-state index contributed by atoms with van der Waals surface area (Å²) in [4.78, 5) is 26.2. The number of nitrogens with zero attached hydrogens (tertiary/aromatic N) is 1. The maximum atomic E-state index is 12.2.